The highest BCUT2D eigenvalue weighted by molar-refractivity contribution is 9.10. The van der Waals surface area contributed by atoms with E-state index in [-0.39, 0.29) is 5.54 Å². The van der Waals surface area contributed by atoms with Gasteiger partial charge in [0.25, 0.3) is 0 Å². The first-order valence-corrected chi connectivity index (χ1v) is 7.41. The Morgan fingerprint density at radius 1 is 1.17 bits per heavy atom. The summed E-state index contributed by atoms with van der Waals surface area (Å²) in [5.74, 6) is 0.956. The van der Waals surface area contributed by atoms with E-state index >= 15 is 0 Å². The Hall–Kier alpha value is -0.870. The number of aromatic nitrogens is 2. The van der Waals surface area contributed by atoms with Crippen molar-refractivity contribution < 1.29 is 0 Å². The molecule has 0 unspecified atom stereocenters. The molecule has 0 spiro atoms. The highest BCUT2D eigenvalue weighted by atomic mass is 79.9. The number of halogens is 1. The Morgan fingerprint density at radius 2 is 1.89 bits per heavy atom. The minimum Gasteiger partial charge on any atom is -0.340 e. The van der Waals surface area contributed by atoms with Crippen LogP contribution in [0, 0.1) is 0 Å². The van der Waals surface area contributed by atoms with Gasteiger partial charge in [-0.2, -0.15) is 0 Å². The first kappa shape index (κ1) is 12.2. The molecule has 4 heteroatoms. The summed E-state index contributed by atoms with van der Waals surface area (Å²) in [6, 6.07) is 6.11. The third-order valence-electron chi connectivity index (χ3n) is 3.91. The lowest BCUT2D eigenvalue weighted by molar-refractivity contribution is 0.366. The number of H-pyrrole nitrogens is 1. The van der Waals surface area contributed by atoms with Crippen LogP contribution in [-0.4, -0.2) is 9.97 Å². The second-order valence-corrected chi connectivity index (χ2v) is 6.23. The van der Waals surface area contributed by atoms with Gasteiger partial charge in [0.2, 0.25) is 0 Å². The number of nitrogens with one attached hydrogen (secondary N) is 1. The van der Waals surface area contributed by atoms with E-state index in [4.69, 9.17) is 5.73 Å². The molecule has 1 saturated carbocycles. The van der Waals surface area contributed by atoms with E-state index in [0.717, 1.165) is 34.2 Å². The topological polar surface area (TPSA) is 54.7 Å². The number of fused-ring (bicyclic) bond motifs is 1. The summed E-state index contributed by atoms with van der Waals surface area (Å²) in [6.07, 6.45) is 7.08. The number of nitrogens with two attached hydrogens (primary N) is 1. The third-order valence-corrected chi connectivity index (χ3v) is 4.40. The van der Waals surface area contributed by atoms with Crippen LogP contribution in [0.2, 0.25) is 0 Å². The molecule has 0 radical (unpaired) electrons. The van der Waals surface area contributed by atoms with Gasteiger partial charge >= 0.3 is 0 Å². The third kappa shape index (κ3) is 2.19. The average molecular weight is 308 g/mol. The number of rotatable bonds is 1. The predicted octanol–water partition coefficient (Wildman–Crippen LogP) is 3.83. The van der Waals surface area contributed by atoms with Crippen LogP contribution in [0.1, 0.15) is 44.3 Å². The van der Waals surface area contributed by atoms with Crippen molar-refractivity contribution in [3.05, 3.63) is 28.5 Å². The van der Waals surface area contributed by atoms with Crippen LogP contribution in [0.3, 0.4) is 0 Å². The molecule has 1 aromatic heterocycles. The number of nitrogens with zero attached hydrogens (tertiary/aromatic N) is 1. The Bertz CT molecular complexity index is 553. The average Bonchev–Trinajstić information content (AvgIpc) is 2.65. The molecular formula is C14H18BrN3. The van der Waals surface area contributed by atoms with Crippen molar-refractivity contribution in [2.45, 2.75) is 44.1 Å². The highest BCUT2D eigenvalue weighted by Crippen LogP contribution is 2.33. The molecule has 2 aromatic rings. The smallest absolute Gasteiger partial charge is 0.127 e. The normalized spacial score (nSPS) is 19.9. The molecule has 0 bridgehead atoms. The van der Waals surface area contributed by atoms with E-state index in [1.807, 2.05) is 12.1 Å². The van der Waals surface area contributed by atoms with Crippen LogP contribution in [0.5, 0.6) is 0 Å². The van der Waals surface area contributed by atoms with Gasteiger partial charge in [0.05, 0.1) is 16.6 Å². The van der Waals surface area contributed by atoms with Crippen molar-refractivity contribution in [1.82, 2.24) is 9.97 Å². The van der Waals surface area contributed by atoms with Crippen LogP contribution in [-0.2, 0) is 5.54 Å². The largest absolute Gasteiger partial charge is 0.340 e. The zero-order valence-corrected chi connectivity index (χ0v) is 12.0. The lowest BCUT2D eigenvalue weighted by atomic mass is 9.91. The Labute approximate surface area is 115 Å². The molecule has 18 heavy (non-hydrogen) atoms. The van der Waals surface area contributed by atoms with Crippen molar-refractivity contribution >= 4 is 27.0 Å². The monoisotopic (exact) mass is 307 g/mol. The van der Waals surface area contributed by atoms with Gasteiger partial charge in [-0.05, 0) is 31.0 Å². The van der Waals surface area contributed by atoms with Crippen LogP contribution in [0.25, 0.3) is 11.0 Å². The van der Waals surface area contributed by atoms with Gasteiger partial charge in [0.15, 0.2) is 0 Å². The SMILES string of the molecule is NC1(c2nc3ccc(Br)cc3[nH]2)CCCCCC1. The molecule has 0 amide bonds. The van der Waals surface area contributed by atoms with Gasteiger partial charge in [0.1, 0.15) is 5.82 Å². The van der Waals surface area contributed by atoms with E-state index in [0.29, 0.717) is 0 Å². The predicted molar refractivity (Wildman–Crippen MR) is 77.4 cm³/mol. The number of hydrogen-bond acceptors (Lipinski definition) is 2. The molecule has 96 valence electrons. The van der Waals surface area contributed by atoms with Crippen molar-refractivity contribution in [3.63, 3.8) is 0 Å². The molecule has 0 atom stereocenters. The highest BCUT2D eigenvalue weighted by Gasteiger charge is 2.31. The van der Waals surface area contributed by atoms with Gasteiger partial charge in [-0.15, -0.1) is 0 Å². The standard InChI is InChI=1S/C14H18BrN3/c15-10-5-6-11-12(9-10)18-13(17-11)14(16)7-3-1-2-4-8-14/h5-6,9H,1-4,7-8,16H2,(H,17,18). The van der Waals surface area contributed by atoms with Crippen molar-refractivity contribution in [2.24, 2.45) is 5.73 Å². The van der Waals surface area contributed by atoms with E-state index in [1.165, 1.54) is 25.7 Å². The maximum atomic E-state index is 6.58. The zero-order valence-electron chi connectivity index (χ0n) is 10.4. The van der Waals surface area contributed by atoms with Crippen LogP contribution >= 0.6 is 15.9 Å². The summed E-state index contributed by atoms with van der Waals surface area (Å²) < 4.78 is 1.07. The fourth-order valence-electron chi connectivity index (χ4n) is 2.81. The quantitative estimate of drug-likeness (QED) is 0.787. The van der Waals surface area contributed by atoms with Gasteiger partial charge in [-0.3, -0.25) is 0 Å². The number of aromatic amines is 1. The summed E-state index contributed by atoms with van der Waals surface area (Å²) in [7, 11) is 0. The van der Waals surface area contributed by atoms with Crippen molar-refractivity contribution in [3.8, 4) is 0 Å². The van der Waals surface area contributed by atoms with Crippen LogP contribution < -0.4 is 5.73 Å². The summed E-state index contributed by atoms with van der Waals surface area (Å²) in [4.78, 5) is 8.10. The lowest BCUT2D eigenvalue weighted by Gasteiger charge is -2.25. The molecule has 0 aliphatic heterocycles. The number of hydrogen-bond donors (Lipinski definition) is 2. The molecule has 1 heterocycles. The Kier molecular flexibility index (Phi) is 3.16. The zero-order chi connectivity index (χ0) is 12.6. The van der Waals surface area contributed by atoms with E-state index in [1.54, 1.807) is 0 Å². The van der Waals surface area contributed by atoms with Gasteiger partial charge in [-0.1, -0.05) is 41.6 Å². The summed E-state index contributed by atoms with van der Waals surface area (Å²) in [6.45, 7) is 0. The molecule has 1 fully saturated rings. The number of benzene rings is 1. The maximum Gasteiger partial charge on any atom is 0.127 e. The van der Waals surface area contributed by atoms with Crippen LogP contribution in [0.4, 0.5) is 0 Å². The fraction of sp³-hybridized carbons (Fsp3) is 0.500. The minimum atomic E-state index is -0.262. The van der Waals surface area contributed by atoms with E-state index in [2.05, 4.69) is 32.0 Å². The summed E-state index contributed by atoms with van der Waals surface area (Å²) in [5, 5.41) is 0. The van der Waals surface area contributed by atoms with E-state index in [9.17, 15) is 0 Å². The Balaban J connectivity index is 2.02. The molecule has 1 aliphatic rings. The molecule has 1 aromatic carbocycles. The van der Waals surface area contributed by atoms with Gasteiger partial charge < -0.3 is 10.7 Å². The van der Waals surface area contributed by atoms with Crippen molar-refractivity contribution in [1.29, 1.82) is 0 Å². The second-order valence-electron chi connectivity index (χ2n) is 5.32. The van der Waals surface area contributed by atoms with Crippen LogP contribution in [0.15, 0.2) is 22.7 Å². The lowest BCUT2D eigenvalue weighted by Crippen LogP contribution is -2.37. The first-order valence-electron chi connectivity index (χ1n) is 6.62. The Morgan fingerprint density at radius 3 is 2.61 bits per heavy atom. The molecule has 0 saturated heterocycles. The maximum absolute atomic E-state index is 6.58. The number of imidazole rings is 1. The van der Waals surface area contributed by atoms with Gasteiger partial charge in [-0.25, -0.2) is 4.98 Å². The summed E-state index contributed by atoms with van der Waals surface area (Å²) in [5.41, 5.74) is 8.38. The minimum absolute atomic E-state index is 0.262. The van der Waals surface area contributed by atoms with Gasteiger partial charge in [0, 0.05) is 4.47 Å². The molecule has 3 nitrogen and oxygen atoms in total. The molecule has 3 rings (SSSR count). The molecule has 1 aliphatic carbocycles. The fourth-order valence-corrected chi connectivity index (χ4v) is 3.17. The first-order chi connectivity index (χ1) is 8.67. The molecular weight excluding hydrogens is 290 g/mol. The molecule has 3 N–H and O–H groups in total. The van der Waals surface area contributed by atoms with Crippen molar-refractivity contribution in [2.75, 3.05) is 0 Å². The second kappa shape index (κ2) is 4.67. The summed E-state index contributed by atoms with van der Waals surface area (Å²) >= 11 is 3.48. The van der Waals surface area contributed by atoms with E-state index < -0.39 is 0 Å².